The zero-order chi connectivity index (χ0) is 42.7. The number of fused-ring (bicyclic) bond motifs is 1. The molecule has 6 aromatic carbocycles. The summed E-state index contributed by atoms with van der Waals surface area (Å²) in [4.78, 5) is 10.5. The smallest absolute Gasteiger partial charge is 0.149 e. The van der Waals surface area contributed by atoms with E-state index in [1.807, 2.05) is 6.20 Å². The zero-order valence-electron chi connectivity index (χ0n) is 37.1. The molecule has 0 bridgehead atoms. The Labute approximate surface area is 356 Å². The van der Waals surface area contributed by atoms with Crippen LogP contribution in [0.2, 0.25) is 0 Å². The highest BCUT2D eigenvalue weighted by molar-refractivity contribution is 5.97. The Morgan fingerprint density at radius 3 is 1.83 bits per heavy atom. The van der Waals surface area contributed by atoms with Crippen molar-refractivity contribution in [3.8, 4) is 67.5 Å². The molecule has 0 amide bonds. The number of hydrogen-bond donors (Lipinski definition) is 1. The van der Waals surface area contributed by atoms with Crippen LogP contribution in [0.4, 0.5) is 0 Å². The van der Waals surface area contributed by atoms with E-state index in [9.17, 15) is 5.11 Å². The van der Waals surface area contributed by atoms with Crippen molar-refractivity contribution in [2.24, 2.45) is 0 Å². The molecule has 0 aliphatic rings. The predicted molar refractivity (Wildman–Crippen MR) is 253 cm³/mol. The molecule has 1 N–H and O–H groups in total. The van der Waals surface area contributed by atoms with Crippen LogP contribution in [-0.4, -0.2) is 19.6 Å². The van der Waals surface area contributed by atoms with E-state index in [0.29, 0.717) is 5.82 Å². The first-order valence-electron chi connectivity index (χ1n) is 21.1. The quantitative estimate of drug-likeness (QED) is 0.183. The van der Waals surface area contributed by atoms with Gasteiger partial charge >= 0.3 is 0 Å². The number of imidazole rings is 1. The summed E-state index contributed by atoms with van der Waals surface area (Å²) in [7, 11) is 0. The molecule has 0 unspecified atom stereocenters. The number of para-hydroxylation sites is 1. The average molecular weight is 788 g/mol. The van der Waals surface area contributed by atoms with Crippen molar-refractivity contribution < 1.29 is 5.11 Å². The van der Waals surface area contributed by atoms with Gasteiger partial charge in [0.25, 0.3) is 0 Å². The second kappa shape index (κ2) is 15.1. The SMILES string of the molecule is Cc1ccc(-c2ccnc(-c3cc(-c4cccc5c4nc(-c4cc(C(C)(C)C)cc(C(C)(C)C)c4O)n5-c4cc(C)cc(-c5ccccc5)c4)cc(C(C)(C)C)c3)c2)cc1. The van der Waals surface area contributed by atoms with Gasteiger partial charge in [0, 0.05) is 28.6 Å². The number of benzene rings is 6. The van der Waals surface area contributed by atoms with E-state index in [-0.39, 0.29) is 22.0 Å². The Hall–Kier alpha value is -6.26. The van der Waals surface area contributed by atoms with Crippen molar-refractivity contribution in [1.82, 2.24) is 14.5 Å². The average Bonchev–Trinajstić information content (AvgIpc) is 3.60. The van der Waals surface area contributed by atoms with E-state index in [0.717, 1.165) is 78.0 Å². The summed E-state index contributed by atoms with van der Waals surface area (Å²) in [6.45, 7) is 24.2. The van der Waals surface area contributed by atoms with Gasteiger partial charge in [-0.2, -0.15) is 0 Å². The molecule has 0 fully saturated rings. The molecule has 0 radical (unpaired) electrons. The van der Waals surface area contributed by atoms with Gasteiger partial charge in [-0.25, -0.2) is 4.98 Å². The normalized spacial score (nSPS) is 12.3. The number of phenols is 1. The molecule has 4 heteroatoms. The third-order valence-corrected chi connectivity index (χ3v) is 11.7. The minimum Gasteiger partial charge on any atom is -0.507 e. The minimum absolute atomic E-state index is 0.129. The molecule has 302 valence electrons. The van der Waals surface area contributed by atoms with Crippen molar-refractivity contribution in [3.63, 3.8) is 0 Å². The maximum absolute atomic E-state index is 12.4. The molecule has 2 heterocycles. The Bertz CT molecular complexity index is 2880. The largest absolute Gasteiger partial charge is 0.507 e. The molecule has 2 aromatic heterocycles. The number of aryl methyl sites for hydroxylation is 2. The lowest BCUT2D eigenvalue weighted by atomic mass is 9.79. The zero-order valence-corrected chi connectivity index (χ0v) is 37.1. The van der Waals surface area contributed by atoms with Crippen molar-refractivity contribution in [2.45, 2.75) is 92.4 Å². The lowest BCUT2D eigenvalue weighted by molar-refractivity contribution is 0.446. The molecule has 8 aromatic rings. The molecule has 0 aliphatic heterocycles. The van der Waals surface area contributed by atoms with Crippen molar-refractivity contribution in [2.75, 3.05) is 0 Å². The highest BCUT2D eigenvalue weighted by atomic mass is 16.3. The Morgan fingerprint density at radius 2 is 1.15 bits per heavy atom. The standard InChI is InChI=1S/C56H57N3O/c1-35-20-22-38(23-21-35)39-24-25-57-49(32-39)42-28-41(29-43(30-42)54(3,4)5)46-18-15-19-50-51(46)58-53(47-33-44(55(6,7)8)34-48(52(47)60)56(9,10)11)59(50)45-27-36(2)26-40(31-45)37-16-13-12-14-17-37/h12-34,60H,1-11H3. The predicted octanol–water partition coefficient (Wildman–Crippen LogP) is 15.0. The topological polar surface area (TPSA) is 50.9 Å². The van der Waals surface area contributed by atoms with Crippen LogP contribution in [0.15, 0.2) is 140 Å². The van der Waals surface area contributed by atoms with Crippen molar-refractivity contribution in [3.05, 3.63) is 167 Å². The van der Waals surface area contributed by atoms with Gasteiger partial charge in [-0.1, -0.05) is 153 Å². The molecular weight excluding hydrogens is 731 g/mol. The van der Waals surface area contributed by atoms with Crippen LogP contribution in [0.5, 0.6) is 5.75 Å². The lowest BCUT2D eigenvalue weighted by Gasteiger charge is -2.27. The summed E-state index contributed by atoms with van der Waals surface area (Å²) < 4.78 is 2.26. The lowest BCUT2D eigenvalue weighted by Crippen LogP contribution is -2.17. The second-order valence-electron chi connectivity index (χ2n) is 19.6. The van der Waals surface area contributed by atoms with Gasteiger partial charge in [-0.3, -0.25) is 9.55 Å². The molecule has 60 heavy (non-hydrogen) atoms. The van der Waals surface area contributed by atoms with Gasteiger partial charge in [-0.15, -0.1) is 0 Å². The number of phenolic OH excluding ortho intramolecular Hbond substituents is 1. The van der Waals surface area contributed by atoms with Crippen molar-refractivity contribution >= 4 is 11.0 Å². The van der Waals surface area contributed by atoms with Gasteiger partial charge in [0.1, 0.15) is 11.6 Å². The number of rotatable bonds is 6. The Kier molecular flexibility index (Phi) is 10.2. The van der Waals surface area contributed by atoms with Crippen molar-refractivity contribution in [1.29, 1.82) is 0 Å². The number of aromatic hydroxyl groups is 1. The summed E-state index contributed by atoms with van der Waals surface area (Å²) in [5.74, 6) is 0.969. The van der Waals surface area contributed by atoms with E-state index in [1.54, 1.807) is 0 Å². The molecule has 0 saturated carbocycles. The van der Waals surface area contributed by atoms with E-state index in [4.69, 9.17) is 9.97 Å². The first-order chi connectivity index (χ1) is 28.3. The Balaban J connectivity index is 1.42. The number of pyridine rings is 1. The first kappa shape index (κ1) is 40.5. The van der Waals surface area contributed by atoms with Gasteiger partial charge < -0.3 is 5.11 Å². The minimum atomic E-state index is -0.305. The second-order valence-corrected chi connectivity index (χ2v) is 19.6. The fraction of sp³-hybridized carbons (Fsp3) is 0.250. The summed E-state index contributed by atoms with van der Waals surface area (Å²) in [6, 6.07) is 47.9. The van der Waals surface area contributed by atoms with Gasteiger partial charge in [0.05, 0.1) is 22.3 Å². The molecule has 0 atom stereocenters. The third kappa shape index (κ3) is 7.91. The summed E-state index contributed by atoms with van der Waals surface area (Å²) in [5.41, 5.74) is 17.2. The summed E-state index contributed by atoms with van der Waals surface area (Å²) >= 11 is 0. The number of nitrogens with zero attached hydrogens (tertiary/aromatic N) is 3. The fourth-order valence-corrected chi connectivity index (χ4v) is 8.15. The fourth-order valence-electron chi connectivity index (χ4n) is 8.15. The van der Waals surface area contributed by atoms with E-state index in [2.05, 4.69) is 214 Å². The summed E-state index contributed by atoms with van der Waals surface area (Å²) in [6.07, 6.45) is 1.91. The molecule has 0 aliphatic carbocycles. The van der Waals surface area contributed by atoms with E-state index < -0.39 is 0 Å². The van der Waals surface area contributed by atoms with Gasteiger partial charge in [0.15, 0.2) is 0 Å². The maximum Gasteiger partial charge on any atom is 0.149 e. The van der Waals surface area contributed by atoms with E-state index >= 15 is 0 Å². The van der Waals surface area contributed by atoms with Crippen LogP contribution in [-0.2, 0) is 16.2 Å². The Morgan fingerprint density at radius 1 is 0.483 bits per heavy atom. The highest BCUT2D eigenvalue weighted by Crippen LogP contribution is 2.45. The molecule has 8 rings (SSSR count). The van der Waals surface area contributed by atoms with Gasteiger partial charge in [0.2, 0.25) is 0 Å². The van der Waals surface area contributed by atoms with Gasteiger partial charge in [-0.05, 0) is 123 Å². The first-order valence-corrected chi connectivity index (χ1v) is 21.1. The maximum atomic E-state index is 12.4. The van der Waals surface area contributed by atoms with E-state index in [1.165, 1.54) is 16.7 Å². The highest BCUT2D eigenvalue weighted by Gasteiger charge is 2.29. The van der Waals surface area contributed by atoms with Crippen LogP contribution < -0.4 is 0 Å². The number of aromatic nitrogens is 3. The van der Waals surface area contributed by atoms with Crippen LogP contribution >= 0.6 is 0 Å². The van der Waals surface area contributed by atoms with Crippen LogP contribution in [0.25, 0.3) is 72.7 Å². The summed E-state index contributed by atoms with van der Waals surface area (Å²) in [5, 5.41) is 12.4. The number of hydrogen-bond acceptors (Lipinski definition) is 3. The molecule has 0 saturated heterocycles. The van der Waals surface area contributed by atoms with Crippen LogP contribution in [0, 0.1) is 13.8 Å². The molecule has 4 nitrogen and oxygen atoms in total. The third-order valence-electron chi connectivity index (χ3n) is 11.7. The monoisotopic (exact) mass is 787 g/mol. The van der Waals surface area contributed by atoms with Crippen LogP contribution in [0.3, 0.4) is 0 Å². The van der Waals surface area contributed by atoms with Crippen LogP contribution in [0.1, 0.15) is 90.1 Å². The molecule has 0 spiro atoms. The molecular formula is C56H57N3O.